The summed E-state index contributed by atoms with van der Waals surface area (Å²) in [6.07, 6.45) is 8.26. The zero-order valence-electron chi connectivity index (χ0n) is 16.1. The van der Waals surface area contributed by atoms with E-state index in [1.807, 2.05) is 6.08 Å². The van der Waals surface area contributed by atoms with Crippen LogP contribution in [0, 0.1) is 0 Å². The Balaban J connectivity index is 1.62. The average molecular weight is 367 g/mol. The molecule has 0 radical (unpaired) electrons. The standard InChI is InChI=1S/C21H30N6/c1-2-13-25-14-16-26(17-15-25)20(18-9-5-3-6-10-18)21-22-23-24-27(21)19-11-7-4-8-12-19/h2-3,5-6,9-10,19-20H,1,4,7-8,11-17H2. The molecule has 1 saturated carbocycles. The second-order valence-corrected chi connectivity index (χ2v) is 7.71. The minimum atomic E-state index is 0.119. The van der Waals surface area contributed by atoms with E-state index >= 15 is 0 Å². The Morgan fingerprint density at radius 2 is 1.78 bits per heavy atom. The van der Waals surface area contributed by atoms with Crippen LogP contribution in [0.25, 0.3) is 0 Å². The number of rotatable bonds is 6. The fraction of sp³-hybridized carbons (Fsp3) is 0.571. The molecule has 2 fully saturated rings. The highest BCUT2D eigenvalue weighted by Crippen LogP contribution is 2.33. The normalized spacial score (nSPS) is 21.2. The van der Waals surface area contributed by atoms with Crippen LogP contribution >= 0.6 is 0 Å². The lowest BCUT2D eigenvalue weighted by atomic mass is 9.95. The molecular weight excluding hydrogens is 336 g/mol. The van der Waals surface area contributed by atoms with Crippen molar-refractivity contribution in [2.45, 2.75) is 44.2 Å². The number of hydrogen-bond donors (Lipinski definition) is 0. The summed E-state index contributed by atoms with van der Waals surface area (Å²) >= 11 is 0. The average Bonchev–Trinajstić information content (AvgIpc) is 3.21. The Morgan fingerprint density at radius 3 is 2.48 bits per heavy atom. The largest absolute Gasteiger partial charge is 0.297 e. The van der Waals surface area contributed by atoms with Crippen LogP contribution in [0.2, 0.25) is 0 Å². The van der Waals surface area contributed by atoms with Crippen molar-refractivity contribution < 1.29 is 0 Å². The minimum Gasteiger partial charge on any atom is -0.297 e. The van der Waals surface area contributed by atoms with Gasteiger partial charge in [-0.25, -0.2) is 4.68 Å². The number of piperazine rings is 1. The zero-order chi connectivity index (χ0) is 18.5. The van der Waals surface area contributed by atoms with Crippen molar-refractivity contribution in [1.82, 2.24) is 30.0 Å². The highest BCUT2D eigenvalue weighted by atomic mass is 15.6. The Kier molecular flexibility index (Phi) is 5.94. The molecule has 1 aromatic heterocycles. The van der Waals surface area contributed by atoms with E-state index in [1.54, 1.807) is 0 Å². The van der Waals surface area contributed by atoms with Gasteiger partial charge in [0, 0.05) is 32.7 Å². The Labute approximate surface area is 161 Å². The molecule has 6 nitrogen and oxygen atoms in total. The smallest absolute Gasteiger partial charge is 0.173 e. The molecule has 2 heterocycles. The first kappa shape index (κ1) is 18.3. The van der Waals surface area contributed by atoms with Gasteiger partial charge in [-0.1, -0.05) is 55.7 Å². The summed E-state index contributed by atoms with van der Waals surface area (Å²) < 4.78 is 2.13. The van der Waals surface area contributed by atoms with Crippen LogP contribution in [0.5, 0.6) is 0 Å². The number of tetrazole rings is 1. The number of benzene rings is 1. The van der Waals surface area contributed by atoms with E-state index in [-0.39, 0.29) is 6.04 Å². The van der Waals surface area contributed by atoms with E-state index in [2.05, 4.69) is 66.9 Å². The molecule has 0 amide bonds. The van der Waals surface area contributed by atoms with Gasteiger partial charge in [-0.2, -0.15) is 0 Å². The van der Waals surface area contributed by atoms with Gasteiger partial charge in [-0.05, 0) is 28.8 Å². The summed E-state index contributed by atoms with van der Waals surface area (Å²) in [7, 11) is 0. The molecule has 1 aliphatic carbocycles. The van der Waals surface area contributed by atoms with Crippen molar-refractivity contribution >= 4 is 0 Å². The molecule has 1 atom stereocenters. The molecular formula is C21H30N6. The van der Waals surface area contributed by atoms with Gasteiger partial charge in [0.2, 0.25) is 0 Å². The molecule has 1 saturated heterocycles. The van der Waals surface area contributed by atoms with E-state index in [1.165, 1.54) is 37.7 Å². The van der Waals surface area contributed by atoms with Crippen molar-refractivity contribution in [3.8, 4) is 0 Å². The summed E-state index contributed by atoms with van der Waals surface area (Å²) in [6, 6.07) is 11.3. The summed E-state index contributed by atoms with van der Waals surface area (Å²) in [6.45, 7) is 8.99. The van der Waals surface area contributed by atoms with Crippen LogP contribution in [0.3, 0.4) is 0 Å². The van der Waals surface area contributed by atoms with Crippen molar-refractivity contribution in [3.05, 3.63) is 54.4 Å². The van der Waals surface area contributed by atoms with E-state index in [9.17, 15) is 0 Å². The molecule has 2 aliphatic rings. The maximum atomic E-state index is 4.53. The maximum absolute atomic E-state index is 4.53. The lowest BCUT2D eigenvalue weighted by molar-refractivity contribution is 0.111. The molecule has 0 bridgehead atoms. The second kappa shape index (κ2) is 8.76. The van der Waals surface area contributed by atoms with E-state index in [0.29, 0.717) is 6.04 Å². The van der Waals surface area contributed by atoms with Crippen LogP contribution in [-0.2, 0) is 0 Å². The van der Waals surface area contributed by atoms with E-state index in [4.69, 9.17) is 0 Å². The molecule has 6 heteroatoms. The summed E-state index contributed by atoms with van der Waals surface area (Å²) in [4.78, 5) is 5.00. The van der Waals surface area contributed by atoms with Gasteiger partial charge in [0.25, 0.3) is 0 Å². The number of hydrogen-bond acceptors (Lipinski definition) is 5. The van der Waals surface area contributed by atoms with Gasteiger partial charge in [0.1, 0.15) is 0 Å². The van der Waals surface area contributed by atoms with Crippen molar-refractivity contribution in [2.75, 3.05) is 32.7 Å². The van der Waals surface area contributed by atoms with Crippen LogP contribution < -0.4 is 0 Å². The minimum absolute atomic E-state index is 0.119. The monoisotopic (exact) mass is 366 g/mol. The maximum Gasteiger partial charge on any atom is 0.173 e. The molecule has 1 aliphatic heterocycles. The van der Waals surface area contributed by atoms with Crippen LogP contribution in [-0.4, -0.2) is 62.7 Å². The first-order valence-corrected chi connectivity index (χ1v) is 10.3. The number of aromatic nitrogens is 4. The predicted molar refractivity (Wildman–Crippen MR) is 106 cm³/mol. The SMILES string of the molecule is C=CCN1CCN(C(c2ccccc2)c2nnnn2C2CCCCC2)CC1. The first-order valence-electron chi connectivity index (χ1n) is 10.3. The lowest BCUT2D eigenvalue weighted by Gasteiger charge is -2.39. The summed E-state index contributed by atoms with van der Waals surface area (Å²) in [5, 5.41) is 13.1. The van der Waals surface area contributed by atoms with Gasteiger partial charge in [0.15, 0.2) is 5.82 Å². The predicted octanol–water partition coefficient (Wildman–Crippen LogP) is 3.07. The third-order valence-electron chi connectivity index (χ3n) is 5.96. The quantitative estimate of drug-likeness (QED) is 0.736. The molecule has 1 aromatic carbocycles. The van der Waals surface area contributed by atoms with E-state index < -0.39 is 0 Å². The number of nitrogens with zero attached hydrogens (tertiary/aromatic N) is 6. The van der Waals surface area contributed by atoms with Crippen LogP contribution in [0.4, 0.5) is 0 Å². The van der Waals surface area contributed by atoms with Gasteiger partial charge in [-0.15, -0.1) is 11.7 Å². The molecule has 0 N–H and O–H groups in total. The topological polar surface area (TPSA) is 50.1 Å². The van der Waals surface area contributed by atoms with Crippen molar-refractivity contribution in [1.29, 1.82) is 0 Å². The molecule has 2 aromatic rings. The molecule has 1 unspecified atom stereocenters. The first-order chi connectivity index (χ1) is 13.4. The van der Waals surface area contributed by atoms with Crippen molar-refractivity contribution in [2.24, 2.45) is 0 Å². The summed E-state index contributed by atoms with van der Waals surface area (Å²) in [5.41, 5.74) is 1.28. The molecule has 144 valence electrons. The molecule has 4 rings (SSSR count). The van der Waals surface area contributed by atoms with Gasteiger partial charge < -0.3 is 0 Å². The fourth-order valence-corrected chi connectivity index (χ4v) is 4.51. The second-order valence-electron chi connectivity index (χ2n) is 7.71. The molecule has 0 spiro atoms. The van der Waals surface area contributed by atoms with Gasteiger partial charge >= 0.3 is 0 Å². The highest BCUT2D eigenvalue weighted by molar-refractivity contribution is 5.25. The van der Waals surface area contributed by atoms with Crippen LogP contribution in [0.1, 0.15) is 55.6 Å². The third kappa shape index (κ3) is 4.12. The Morgan fingerprint density at radius 1 is 1.04 bits per heavy atom. The third-order valence-corrected chi connectivity index (χ3v) is 5.96. The van der Waals surface area contributed by atoms with Crippen LogP contribution in [0.15, 0.2) is 43.0 Å². The molecule has 27 heavy (non-hydrogen) atoms. The zero-order valence-corrected chi connectivity index (χ0v) is 16.1. The summed E-state index contributed by atoms with van der Waals surface area (Å²) in [5.74, 6) is 1.00. The Hall–Kier alpha value is -2.05. The lowest BCUT2D eigenvalue weighted by Crippen LogP contribution is -2.48. The van der Waals surface area contributed by atoms with Crippen molar-refractivity contribution in [3.63, 3.8) is 0 Å². The van der Waals surface area contributed by atoms with Gasteiger partial charge in [-0.3, -0.25) is 9.80 Å². The van der Waals surface area contributed by atoms with E-state index in [0.717, 1.165) is 38.5 Å². The van der Waals surface area contributed by atoms with Gasteiger partial charge in [0.05, 0.1) is 12.1 Å². The Bertz CT molecular complexity index is 713. The highest BCUT2D eigenvalue weighted by Gasteiger charge is 2.32. The fourth-order valence-electron chi connectivity index (χ4n) is 4.51.